The molecule has 0 saturated carbocycles. The number of nitrogens with zero attached hydrogens (tertiary/aromatic N) is 2. The average molecular weight is 458 g/mol. The Morgan fingerprint density at radius 2 is 1.85 bits per heavy atom. The fraction of sp³-hybridized carbons (Fsp3) is 0.148. The molecule has 0 bridgehead atoms. The second-order valence-corrected chi connectivity index (χ2v) is 8.23. The van der Waals surface area contributed by atoms with E-state index < -0.39 is 5.91 Å². The number of aryl methyl sites for hydroxylation is 3. The number of anilines is 1. The minimum absolute atomic E-state index is 0.0406. The van der Waals surface area contributed by atoms with E-state index in [4.69, 9.17) is 11.6 Å². The lowest BCUT2D eigenvalue weighted by Crippen LogP contribution is -2.27. The Hall–Kier alpha value is -3.70. The monoisotopic (exact) mass is 457 g/mol. The fourth-order valence-corrected chi connectivity index (χ4v) is 4.27. The standard InChI is InChI=1S/C27H24ClN3O2/c1-4-19-10-7-9-17(2)25(19)30-27(33)24-23(32)15-18(3)31(22-13-6-5-12-21(22)28)26(24)20-11-8-14-29-16-20/h5-16H,4H2,1-3H3,(H,30,33). The molecule has 2 heterocycles. The lowest BCUT2D eigenvalue weighted by Gasteiger charge is -2.21. The zero-order valence-corrected chi connectivity index (χ0v) is 19.5. The van der Waals surface area contributed by atoms with Gasteiger partial charge >= 0.3 is 0 Å². The number of nitrogens with one attached hydrogen (secondary N) is 1. The summed E-state index contributed by atoms with van der Waals surface area (Å²) in [5, 5.41) is 3.51. The van der Waals surface area contributed by atoms with Crippen LogP contribution < -0.4 is 10.7 Å². The summed E-state index contributed by atoms with van der Waals surface area (Å²) in [7, 11) is 0. The van der Waals surface area contributed by atoms with Crippen LogP contribution in [-0.2, 0) is 6.42 Å². The van der Waals surface area contributed by atoms with Gasteiger partial charge in [-0.3, -0.25) is 14.6 Å². The van der Waals surface area contributed by atoms with Gasteiger partial charge in [0.25, 0.3) is 5.91 Å². The topological polar surface area (TPSA) is 64.0 Å². The Bertz CT molecular complexity index is 1390. The minimum atomic E-state index is -0.469. The molecule has 0 fully saturated rings. The molecule has 1 amide bonds. The molecule has 2 aromatic heterocycles. The number of aromatic nitrogens is 2. The molecule has 6 heteroatoms. The highest BCUT2D eigenvalue weighted by molar-refractivity contribution is 6.32. The third kappa shape index (κ3) is 4.32. The summed E-state index contributed by atoms with van der Waals surface area (Å²) in [6, 6.07) is 18.3. The van der Waals surface area contributed by atoms with E-state index in [1.54, 1.807) is 24.5 Å². The molecule has 5 nitrogen and oxygen atoms in total. The molecule has 1 N–H and O–H groups in total. The van der Waals surface area contributed by atoms with Crippen molar-refractivity contribution in [2.45, 2.75) is 27.2 Å². The maximum atomic E-state index is 13.7. The summed E-state index contributed by atoms with van der Waals surface area (Å²) in [5.41, 5.74) is 4.77. The number of para-hydroxylation sites is 2. The van der Waals surface area contributed by atoms with Gasteiger partial charge in [-0.15, -0.1) is 0 Å². The smallest absolute Gasteiger partial charge is 0.261 e. The maximum Gasteiger partial charge on any atom is 0.261 e. The van der Waals surface area contributed by atoms with Crippen molar-refractivity contribution in [3.8, 4) is 16.9 Å². The van der Waals surface area contributed by atoms with Gasteiger partial charge in [0, 0.05) is 35.4 Å². The number of rotatable bonds is 5. The first-order valence-electron chi connectivity index (χ1n) is 10.7. The molecule has 166 valence electrons. The zero-order valence-electron chi connectivity index (χ0n) is 18.7. The lowest BCUT2D eigenvalue weighted by atomic mass is 10.0. The maximum absolute atomic E-state index is 13.7. The third-order valence-electron chi connectivity index (χ3n) is 5.63. The van der Waals surface area contributed by atoms with Gasteiger partial charge in [-0.25, -0.2) is 0 Å². The SMILES string of the molecule is CCc1cccc(C)c1NC(=O)c1c(-c2cccnc2)n(-c2ccccc2Cl)c(C)cc1=O. The van der Waals surface area contributed by atoms with Gasteiger partial charge in [0.2, 0.25) is 0 Å². The van der Waals surface area contributed by atoms with Gasteiger partial charge in [0.15, 0.2) is 5.43 Å². The van der Waals surface area contributed by atoms with Crippen LogP contribution in [0.3, 0.4) is 0 Å². The third-order valence-corrected chi connectivity index (χ3v) is 5.95. The number of hydrogen-bond acceptors (Lipinski definition) is 3. The van der Waals surface area contributed by atoms with Gasteiger partial charge in [-0.1, -0.05) is 48.9 Å². The summed E-state index contributed by atoms with van der Waals surface area (Å²) in [4.78, 5) is 31.1. The van der Waals surface area contributed by atoms with Gasteiger partial charge < -0.3 is 9.88 Å². The van der Waals surface area contributed by atoms with Crippen LogP contribution in [0.2, 0.25) is 5.02 Å². The highest BCUT2D eigenvalue weighted by atomic mass is 35.5. The normalized spacial score (nSPS) is 10.8. The minimum Gasteiger partial charge on any atom is -0.321 e. The molecule has 0 aliphatic heterocycles. The molecule has 0 saturated heterocycles. The van der Waals surface area contributed by atoms with E-state index in [1.807, 2.05) is 67.8 Å². The molecule has 0 aliphatic carbocycles. The largest absolute Gasteiger partial charge is 0.321 e. The number of halogens is 1. The number of amides is 1. The van der Waals surface area contributed by atoms with E-state index in [0.717, 1.165) is 23.2 Å². The van der Waals surface area contributed by atoms with Crippen LogP contribution >= 0.6 is 11.6 Å². The molecular weight excluding hydrogens is 434 g/mol. The van der Waals surface area contributed by atoms with Crippen molar-refractivity contribution >= 4 is 23.2 Å². The van der Waals surface area contributed by atoms with Crippen LogP contribution in [0.4, 0.5) is 5.69 Å². The van der Waals surface area contributed by atoms with Crippen molar-refractivity contribution in [1.29, 1.82) is 0 Å². The van der Waals surface area contributed by atoms with Crippen LogP contribution in [0.15, 0.2) is 77.9 Å². The molecule has 33 heavy (non-hydrogen) atoms. The second-order valence-electron chi connectivity index (χ2n) is 7.82. The van der Waals surface area contributed by atoms with Crippen molar-refractivity contribution in [2.24, 2.45) is 0 Å². The van der Waals surface area contributed by atoms with Crippen molar-refractivity contribution in [3.63, 3.8) is 0 Å². The van der Waals surface area contributed by atoms with Crippen LogP contribution in [0, 0.1) is 13.8 Å². The number of benzene rings is 2. The predicted molar refractivity (Wildman–Crippen MR) is 134 cm³/mol. The summed E-state index contributed by atoms with van der Waals surface area (Å²) < 4.78 is 1.84. The summed E-state index contributed by atoms with van der Waals surface area (Å²) in [6.45, 7) is 5.79. The van der Waals surface area contributed by atoms with Crippen LogP contribution in [0.25, 0.3) is 16.9 Å². The highest BCUT2D eigenvalue weighted by Gasteiger charge is 2.24. The zero-order chi connectivity index (χ0) is 23.5. The number of pyridine rings is 2. The molecule has 4 aromatic rings. The lowest BCUT2D eigenvalue weighted by molar-refractivity contribution is 0.102. The summed E-state index contributed by atoms with van der Waals surface area (Å²) >= 11 is 6.54. The first kappa shape index (κ1) is 22.5. The Balaban J connectivity index is 2.00. The summed E-state index contributed by atoms with van der Waals surface area (Å²) in [5.74, 6) is -0.469. The van der Waals surface area contributed by atoms with Gasteiger partial charge in [-0.05, 0) is 55.7 Å². The average Bonchev–Trinajstić information content (AvgIpc) is 2.81. The Morgan fingerprint density at radius 3 is 2.55 bits per heavy atom. The molecule has 0 unspecified atom stereocenters. The highest BCUT2D eigenvalue weighted by Crippen LogP contribution is 2.31. The van der Waals surface area contributed by atoms with Gasteiger partial charge in [0.1, 0.15) is 5.56 Å². The quantitative estimate of drug-likeness (QED) is 0.400. The number of carbonyl (C=O) groups is 1. The van der Waals surface area contributed by atoms with Crippen molar-refractivity contribution in [1.82, 2.24) is 9.55 Å². The van der Waals surface area contributed by atoms with Gasteiger partial charge in [0.05, 0.1) is 16.4 Å². The number of hydrogen-bond donors (Lipinski definition) is 1. The molecular formula is C27H24ClN3O2. The Labute approximate surface area is 197 Å². The molecule has 0 spiro atoms. The van der Waals surface area contributed by atoms with E-state index in [1.165, 1.54) is 6.07 Å². The molecule has 2 aromatic carbocycles. The van der Waals surface area contributed by atoms with E-state index in [9.17, 15) is 9.59 Å². The molecule has 0 aliphatic rings. The summed E-state index contributed by atoms with van der Waals surface area (Å²) in [6.07, 6.45) is 4.05. The van der Waals surface area contributed by atoms with E-state index in [0.29, 0.717) is 27.7 Å². The molecule has 4 rings (SSSR count). The first-order valence-corrected chi connectivity index (χ1v) is 11.1. The van der Waals surface area contributed by atoms with Crippen molar-refractivity contribution in [3.05, 3.63) is 111 Å². The van der Waals surface area contributed by atoms with Crippen molar-refractivity contribution < 1.29 is 4.79 Å². The van der Waals surface area contributed by atoms with Gasteiger partial charge in [-0.2, -0.15) is 0 Å². The van der Waals surface area contributed by atoms with E-state index in [2.05, 4.69) is 10.3 Å². The Morgan fingerprint density at radius 1 is 1.06 bits per heavy atom. The molecule has 0 radical (unpaired) electrons. The van der Waals surface area contributed by atoms with Crippen LogP contribution in [-0.4, -0.2) is 15.5 Å². The van der Waals surface area contributed by atoms with E-state index >= 15 is 0 Å². The predicted octanol–water partition coefficient (Wildman–Crippen LogP) is 5.98. The van der Waals surface area contributed by atoms with Crippen molar-refractivity contribution in [2.75, 3.05) is 5.32 Å². The molecule has 0 atom stereocenters. The van der Waals surface area contributed by atoms with E-state index in [-0.39, 0.29) is 11.0 Å². The fourth-order valence-electron chi connectivity index (χ4n) is 4.05. The van der Waals surface area contributed by atoms with Crippen LogP contribution in [0.5, 0.6) is 0 Å². The Kier molecular flexibility index (Phi) is 6.43. The second kappa shape index (κ2) is 9.43. The number of carbonyl (C=O) groups excluding carboxylic acids is 1. The van der Waals surface area contributed by atoms with Crippen LogP contribution in [0.1, 0.15) is 34.1 Å². The first-order chi connectivity index (χ1) is 15.9.